The Balaban J connectivity index is 1.63. The van der Waals surface area contributed by atoms with E-state index in [1.807, 2.05) is 11.8 Å². The Morgan fingerprint density at radius 2 is 2.10 bits per heavy atom. The highest BCUT2D eigenvalue weighted by Gasteiger charge is 2.52. The van der Waals surface area contributed by atoms with E-state index in [0.717, 1.165) is 6.20 Å². The van der Waals surface area contributed by atoms with Crippen molar-refractivity contribution in [3.8, 4) is 17.5 Å². The highest BCUT2D eigenvalue weighted by Crippen LogP contribution is 2.41. The molecule has 5 heterocycles. The molecule has 2 aliphatic rings. The number of ether oxygens (including phenoxy) is 1. The van der Waals surface area contributed by atoms with Gasteiger partial charge in [0.25, 0.3) is 5.91 Å². The minimum absolute atomic E-state index is 0.0209. The van der Waals surface area contributed by atoms with Gasteiger partial charge in [-0.2, -0.15) is 4.98 Å². The van der Waals surface area contributed by atoms with Gasteiger partial charge in [0.1, 0.15) is 22.7 Å². The highest BCUT2D eigenvalue weighted by atomic mass is 19.1. The van der Waals surface area contributed by atoms with Crippen LogP contribution >= 0.6 is 0 Å². The zero-order valence-electron chi connectivity index (χ0n) is 16.6. The minimum atomic E-state index is -0.776. The van der Waals surface area contributed by atoms with Gasteiger partial charge in [0.05, 0.1) is 25.6 Å². The number of rotatable bonds is 3. The number of hydrogen-bond acceptors (Lipinski definition) is 7. The summed E-state index contributed by atoms with van der Waals surface area (Å²) in [6.45, 7) is 3.39. The van der Waals surface area contributed by atoms with Crippen LogP contribution in [0.2, 0.25) is 0 Å². The Hall–Kier alpha value is -3.40. The average molecular weight is 409 g/mol. The molecule has 0 aliphatic carbocycles. The fourth-order valence-electron chi connectivity index (χ4n) is 4.11. The molecule has 9 nitrogen and oxygen atoms in total. The Labute approximate surface area is 172 Å². The molecule has 3 aromatic heterocycles. The monoisotopic (exact) mass is 409 g/mol. The number of anilines is 2. The van der Waals surface area contributed by atoms with E-state index in [0.29, 0.717) is 55.2 Å². The maximum atomic E-state index is 13.3. The van der Waals surface area contributed by atoms with E-state index in [1.165, 1.54) is 6.07 Å². The van der Waals surface area contributed by atoms with Crippen LogP contribution in [0.3, 0.4) is 0 Å². The van der Waals surface area contributed by atoms with Crippen molar-refractivity contribution in [1.82, 2.24) is 24.5 Å². The van der Waals surface area contributed by atoms with Crippen LogP contribution in [0, 0.1) is 5.82 Å². The molecule has 154 valence electrons. The molecule has 0 aromatic carbocycles. The fourth-order valence-corrected chi connectivity index (χ4v) is 4.11. The number of fused-ring (bicyclic) bond motifs is 3. The number of likely N-dealkylation sites (N-methyl/N-ethyl adjacent to an activating group) is 1. The molecule has 3 aromatic rings. The smallest absolute Gasteiger partial charge is 0.255 e. The number of morpholine rings is 1. The highest BCUT2D eigenvalue weighted by molar-refractivity contribution is 6.07. The largest absolute Gasteiger partial charge is 0.377 e. The van der Waals surface area contributed by atoms with Crippen LogP contribution in [-0.2, 0) is 9.53 Å². The molecule has 1 atom stereocenters. The first-order valence-corrected chi connectivity index (χ1v) is 9.71. The molecule has 1 unspecified atom stereocenters. The maximum Gasteiger partial charge on any atom is 0.255 e. The van der Waals surface area contributed by atoms with E-state index in [2.05, 4.69) is 15.0 Å². The molecule has 5 rings (SSSR count). The summed E-state index contributed by atoms with van der Waals surface area (Å²) in [4.78, 5) is 34.5. The van der Waals surface area contributed by atoms with Crippen molar-refractivity contribution in [3.63, 3.8) is 0 Å². The van der Waals surface area contributed by atoms with E-state index in [9.17, 15) is 9.18 Å². The van der Waals surface area contributed by atoms with Gasteiger partial charge >= 0.3 is 0 Å². The molecule has 0 N–H and O–H groups in total. The van der Waals surface area contributed by atoms with Crippen molar-refractivity contribution in [2.45, 2.75) is 18.9 Å². The lowest BCUT2D eigenvalue weighted by Gasteiger charge is -2.51. The molecule has 2 aliphatic heterocycles. The van der Waals surface area contributed by atoms with Gasteiger partial charge in [0, 0.05) is 26.0 Å². The summed E-state index contributed by atoms with van der Waals surface area (Å²) >= 11 is 0. The summed E-state index contributed by atoms with van der Waals surface area (Å²) in [6, 6.07) is 2.89. The predicted octanol–water partition coefficient (Wildman–Crippen LogP) is 1.83. The van der Waals surface area contributed by atoms with Crippen LogP contribution in [-0.4, -0.2) is 62.8 Å². The van der Waals surface area contributed by atoms with Crippen molar-refractivity contribution in [2.75, 3.05) is 36.6 Å². The van der Waals surface area contributed by atoms with Gasteiger partial charge < -0.3 is 14.5 Å². The van der Waals surface area contributed by atoms with E-state index in [-0.39, 0.29) is 5.91 Å². The third kappa shape index (κ3) is 2.60. The van der Waals surface area contributed by atoms with Crippen LogP contribution in [0.25, 0.3) is 17.5 Å². The summed E-state index contributed by atoms with van der Waals surface area (Å²) in [7, 11) is 1.73. The Bertz CT molecular complexity index is 1120. The molecule has 0 spiro atoms. The SMILES string of the molecule is CCC12COCCN1c1nc(-n3ccnc3-c3ccc(F)cn3)ncc1N(C)C2=O. The molecule has 1 amide bonds. The van der Waals surface area contributed by atoms with Gasteiger partial charge in [0.15, 0.2) is 11.6 Å². The van der Waals surface area contributed by atoms with E-state index in [1.54, 1.807) is 41.2 Å². The minimum Gasteiger partial charge on any atom is -0.377 e. The van der Waals surface area contributed by atoms with Gasteiger partial charge in [0.2, 0.25) is 5.95 Å². The van der Waals surface area contributed by atoms with Crippen molar-refractivity contribution >= 4 is 17.4 Å². The van der Waals surface area contributed by atoms with Crippen LogP contribution in [0.1, 0.15) is 13.3 Å². The van der Waals surface area contributed by atoms with Gasteiger partial charge in [-0.3, -0.25) is 9.36 Å². The van der Waals surface area contributed by atoms with Crippen molar-refractivity contribution < 1.29 is 13.9 Å². The topological polar surface area (TPSA) is 89.3 Å². The second-order valence-corrected chi connectivity index (χ2v) is 7.31. The number of hydrogen-bond donors (Lipinski definition) is 0. The molecule has 0 bridgehead atoms. The van der Waals surface area contributed by atoms with Crippen molar-refractivity contribution in [1.29, 1.82) is 0 Å². The summed E-state index contributed by atoms with van der Waals surface area (Å²) < 4.78 is 20.6. The average Bonchev–Trinajstić information content (AvgIpc) is 3.27. The van der Waals surface area contributed by atoms with Crippen LogP contribution < -0.4 is 9.80 Å². The molecule has 30 heavy (non-hydrogen) atoms. The second-order valence-electron chi connectivity index (χ2n) is 7.31. The maximum absolute atomic E-state index is 13.3. The molecular formula is C20H20FN7O2. The van der Waals surface area contributed by atoms with E-state index >= 15 is 0 Å². The molecule has 10 heteroatoms. The number of aromatic nitrogens is 5. The lowest BCUT2D eigenvalue weighted by Crippen LogP contribution is -2.68. The number of amides is 1. The summed E-state index contributed by atoms with van der Waals surface area (Å²) in [6.07, 6.45) is 6.74. The van der Waals surface area contributed by atoms with Crippen LogP contribution in [0.15, 0.2) is 36.9 Å². The van der Waals surface area contributed by atoms with Crippen molar-refractivity contribution in [3.05, 3.63) is 42.7 Å². The van der Waals surface area contributed by atoms with E-state index in [4.69, 9.17) is 9.72 Å². The quantitative estimate of drug-likeness (QED) is 0.652. The zero-order valence-corrected chi connectivity index (χ0v) is 16.6. The Kier molecular flexibility index (Phi) is 4.24. The predicted molar refractivity (Wildman–Crippen MR) is 107 cm³/mol. The summed E-state index contributed by atoms with van der Waals surface area (Å²) in [5.41, 5.74) is 0.377. The number of carbonyl (C=O) groups excluding carboxylic acids is 1. The number of nitrogens with zero attached hydrogens (tertiary/aromatic N) is 7. The standard InChI is InChI=1S/C20H20FN7O2/c1-3-20-12-30-9-8-28(20)17-15(26(2)18(20)29)11-24-19(25-17)27-7-6-22-16(27)14-5-4-13(21)10-23-14/h4-7,10-11H,3,8-9,12H2,1-2H3. The van der Waals surface area contributed by atoms with Gasteiger partial charge in [-0.25, -0.2) is 19.3 Å². The molecule has 1 saturated heterocycles. The van der Waals surface area contributed by atoms with Crippen LogP contribution in [0.4, 0.5) is 15.9 Å². The second kappa shape index (κ2) is 6.84. The molecule has 0 saturated carbocycles. The fraction of sp³-hybridized carbons (Fsp3) is 0.350. The normalized spacial score (nSPS) is 20.8. The third-order valence-electron chi connectivity index (χ3n) is 5.77. The molecular weight excluding hydrogens is 389 g/mol. The number of carbonyl (C=O) groups is 1. The number of imidazole rings is 1. The molecule has 0 radical (unpaired) electrons. The number of pyridine rings is 1. The lowest BCUT2D eigenvalue weighted by atomic mass is 9.89. The lowest BCUT2D eigenvalue weighted by molar-refractivity contribution is -0.128. The first-order valence-electron chi connectivity index (χ1n) is 9.71. The van der Waals surface area contributed by atoms with Gasteiger partial charge in [-0.15, -0.1) is 0 Å². The molecule has 1 fully saturated rings. The Morgan fingerprint density at radius 1 is 1.23 bits per heavy atom. The van der Waals surface area contributed by atoms with Crippen molar-refractivity contribution in [2.24, 2.45) is 0 Å². The number of halogens is 1. The zero-order chi connectivity index (χ0) is 20.9. The first-order chi connectivity index (χ1) is 14.5. The summed E-state index contributed by atoms with van der Waals surface area (Å²) in [5.74, 6) is 1.13. The third-order valence-corrected chi connectivity index (χ3v) is 5.77. The van der Waals surface area contributed by atoms with E-state index < -0.39 is 11.4 Å². The van der Waals surface area contributed by atoms with Gasteiger partial charge in [-0.1, -0.05) is 6.92 Å². The van der Waals surface area contributed by atoms with Gasteiger partial charge in [-0.05, 0) is 18.6 Å². The Morgan fingerprint density at radius 3 is 2.87 bits per heavy atom. The summed E-state index contributed by atoms with van der Waals surface area (Å²) in [5, 5.41) is 0. The van der Waals surface area contributed by atoms with Crippen LogP contribution in [0.5, 0.6) is 0 Å². The first kappa shape index (κ1) is 18.6.